The highest BCUT2D eigenvalue weighted by molar-refractivity contribution is 6.04. The lowest BCUT2D eigenvalue weighted by atomic mass is 10.1. The summed E-state index contributed by atoms with van der Waals surface area (Å²) in [4.78, 5) is 26.8. The van der Waals surface area contributed by atoms with Crippen LogP contribution in [0.5, 0.6) is 5.75 Å². The molecule has 3 aromatic rings. The van der Waals surface area contributed by atoms with Gasteiger partial charge in [0.05, 0.1) is 6.21 Å². The van der Waals surface area contributed by atoms with E-state index in [1.807, 2.05) is 31.2 Å². The molecule has 0 bridgehead atoms. The molecule has 3 N–H and O–H groups in total. The van der Waals surface area contributed by atoms with Crippen LogP contribution in [-0.4, -0.2) is 36.2 Å². The predicted molar refractivity (Wildman–Crippen MR) is 132 cm³/mol. The number of aromatic hydroxyl groups is 1. The molecule has 0 unspecified atom stereocenters. The van der Waals surface area contributed by atoms with E-state index in [0.29, 0.717) is 22.4 Å². The van der Waals surface area contributed by atoms with Crippen molar-refractivity contribution in [3.05, 3.63) is 89.0 Å². The van der Waals surface area contributed by atoms with Crippen LogP contribution in [0, 0.1) is 6.92 Å². The number of hydrazone groups is 1. The summed E-state index contributed by atoms with van der Waals surface area (Å²) in [5, 5.41) is 17.0. The molecule has 7 nitrogen and oxygen atoms in total. The highest BCUT2D eigenvalue weighted by Crippen LogP contribution is 2.23. The maximum absolute atomic E-state index is 12.4. The minimum absolute atomic E-state index is 0.0890. The van der Waals surface area contributed by atoms with E-state index < -0.39 is 5.91 Å². The van der Waals surface area contributed by atoms with E-state index in [1.165, 1.54) is 6.21 Å². The summed E-state index contributed by atoms with van der Waals surface area (Å²) in [6.07, 6.45) is 1.40. The van der Waals surface area contributed by atoms with Gasteiger partial charge >= 0.3 is 0 Å². The van der Waals surface area contributed by atoms with Gasteiger partial charge in [0.1, 0.15) is 5.75 Å². The van der Waals surface area contributed by atoms with E-state index >= 15 is 0 Å². The number of benzene rings is 3. The molecule has 0 heterocycles. The number of nitrogens with one attached hydrogen (secondary N) is 2. The molecule has 0 aromatic heterocycles. The highest BCUT2D eigenvalue weighted by Gasteiger charge is 2.09. The van der Waals surface area contributed by atoms with Crippen molar-refractivity contribution in [1.82, 2.24) is 5.43 Å². The maximum Gasteiger partial charge on any atom is 0.271 e. The number of amides is 2. The summed E-state index contributed by atoms with van der Waals surface area (Å²) in [5.41, 5.74) is 6.42. The van der Waals surface area contributed by atoms with E-state index in [0.717, 1.165) is 24.3 Å². The molecule has 0 atom stereocenters. The standard InChI is InChI=1S/C26H28N4O3/c1-4-30(5-2)23-14-11-21(24(31)16-23)17-27-29-26(33)19-9-12-22(13-10-19)28-25(32)20-8-6-7-18(3)15-20/h6-17,31H,4-5H2,1-3H3,(H,28,32)(H,29,33)/b27-17+. The van der Waals surface area contributed by atoms with Crippen LogP contribution in [0.15, 0.2) is 71.8 Å². The zero-order chi connectivity index (χ0) is 23.8. The Hall–Kier alpha value is -4.13. The molecule has 0 aliphatic heterocycles. The first-order valence-electron chi connectivity index (χ1n) is 10.8. The molecule has 3 aromatic carbocycles. The Balaban J connectivity index is 1.58. The summed E-state index contributed by atoms with van der Waals surface area (Å²) in [7, 11) is 0. The molecule has 0 spiro atoms. The van der Waals surface area contributed by atoms with Gasteiger partial charge in [-0.25, -0.2) is 5.43 Å². The summed E-state index contributed by atoms with van der Waals surface area (Å²) in [6, 6.07) is 19.2. The van der Waals surface area contributed by atoms with Crippen molar-refractivity contribution in [3.63, 3.8) is 0 Å². The summed E-state index contributed by atoms with van der Waals surface area (Å²) in [5.74, 6) is -0.527. The summed E-state index contributed by atoms with van der Waals surface area (Å²) < 4.78 is 0. The van der Waals surface area contributed by atoms with E-state index in [2.05, 4.69) is 34.6 Å². The number of carbonyl (C=O) groups is 2. The second-order valence-electron chi connectivity index (χ2n) is 7.52. The van der Waals surface area contributed by atoms with Crippen molar-refractivity contribution in [2.45, 2.75) is 20.8 Å². The van der Waals surface area contributed by atoms with Crippen molar-refractivity contribution >= 4 is 29.4 Å². The van der Waals surface area contributed by atoms with E-state index in [-0.39, 0.29) is 11.7 Å². The average molecular weight is 445 g/mol. The van der Waals surface area contributed by atoms with Gasteiger partial charge in [-0.3, -0.25) is 9.59 Å². The largest absolute Gasteiger partial charge is 0.507 e. The van der Waals surface area contributed by atoms with Gasteiger partial charge in [0.25, 0.3) is 11.8 Å². The lowest BCUT2D eigenvalue weighted by Crippen LogP contribution is -2.21. The van der Waals surface area contributed by atoms with Crippen LogP contribution in [0.25, 0.3) is 0 Å². The number of aryl methyl sites for hydroxylation is 1. The Morgan fingerprint density at radius 1 is 0.939 bits per heavy atom. The first kappa shape index (κ1) is 23.5. The van der Waals surface area contributed by atoms with Crippen LogP contribution >= 0.6 is 0 Å². The topological polar surface area (TPSA) is 94.0 Å². The predicted octanol–water partition coefficient (Wildman–Crippen LogP) is 4.56. The third-order valence-electron chi connectivity index (χ3n) is 5.20. The number of phenolic OH excluding ortho intramolecular Hbond substituents is 1. The zero-order valence-electron chi connectivity index (χ0n) is 19.0. The SMILES string of the molecule is CCN(CC)c1ccc(/C=N/NC(=O)c2ccc(NC(=O)c3cccc(C)c3)cc2)c(O)c1. The van der Waals surface area contributed by atoms with E-state index in [1.54, 1.807) is 42.5 Å². The van der Waals surface area contributed by atoms with Crippen LogP contribution in [0.2, 0.25) is 0 Å². The number of rotatable bonds is 8. The van der Waals surface area contributed by atoms with Crippen molar-refractivity contribution in [2.75, 3.05) is 23.3 Å². The molecule has 3 rings (SSSR count). The number of carbonyl (C=O) groups excluding carboxylic acids is 2. The number of hydrogen-bond acceptors (Lipinski definition) is 5. The fraction of sp³-hybridized carbons (Fsp3) is 0.192. The minimum Gasteiger partial charge on any atom is -0.507 e. The Bertz CT molecular complexity index is 1150. The van der Waals surface area contributed by atoms with Crippen LogP contribution in [0.3, 0.4) is 0 Å². The molecule has 33 heavy (non-hydrogen) atoms. The van der Waals surface area contributed by atoms with Gasteiger partial charge in [0.2, 0.25) is 0 Å². The Labute approximate surface area is 193 Å². The maximum atomic E-state index is 12.4. The number of nitrogens with zero attached hydrogens (tertiary/aromatic N) is 2. The van der Waals surface area contributed by atoms with Gasteiger partial charge in [-0.1, -0.05) is 17.7 Å². The molecule has 0 saturated carbocycles. The van der Waals surface area contributed by atoms with Gasteiger partial charge in [0, 0.05) is 47.2 Å². The fourth-order valence-electron chi connectivity index (χ4n) is 3.35. The third-order valence-corrected chi connectivity index (χ3v) is 5.20. The third kappa shape index (κ3) is 6.20. The van der Waals surface area contributed by atoms with Gasteiger partial charge in [-0.2, -0.15) is 5.10 Å². The second-order valence-corrected chi connectivity index (χ2v) is 7.52. The highest BCUT2D eigenvalue weighted by atomic mass is 16.3. The molecule has 0 aliphatic rings. The molecule has 170 valence electrons. The smallest absolute Gasteiger partial charge is 0.271 e. The van der Waals surface area contributed by atoms with Gasteiger partial charge in [-0.05, 0) is 69.3 Å². The molecule has 0 saturated heterocycles. The normalized spacial score (nSPS) is 10.8. The molecule has 0 radical (unpaired) electrons. The minimum atomic E-state index is -0.401. The Morgan fingerprint density at radius 3 is 2.30 bits per heavy atom. The van der Waals surface area contributed by atoms with Gasteiger partial charge in [-0.15, -0.1) is 0 Å². The lowest BCUT2D eigenvalue weighted by molar-refractivity contribution is 0.0954. The summed E-state index contributed by atoms with van der Waals surface area (Å²) in [6.45, 7) is 7.71. The monoisotopic (exact) mass is 444 g/mol. The van der Waals surface area contributed by atoms with E-state index in [9.17, 15) is 14.7 Å². The van der Waals surface area contributed by atoms with E-state index in [4.69, 9.17) is 0 Å². The molecular weight excluding hydrogens is 416 g/mol. The van der Waals surface area contributed by atoms with Crippen molar-refractivity contribution in [2.24, 2.45) is 5.10 Å². The van der Waals surface area contributed by atoms with Crippen LogP contribution in [0.4, 0.5) is 11.4 Å². The summed E-state index contributed by atoms with van der Waals surface area (Å²) >= 11 is 0. The van der Waals surface area contributed by atoms with Gasteiger partial charge in [0.15, 0.2) is 0 Å². The lowest BCUT2D eigenvalue weighted by Gasteiger charge is -2.21. The van der Waals surface area contributed by atoms with Crippen molar-refractivity contribution in [3.8, 4) is 5.75 Å². The van der Waals surface area contributed by atoms with Crippen LogP contribution in [0.1, 0.15) is 45.7 Å². The average Bonchev–Trinajstić information content (AvgIpc) is 2.81. The Morgan fingerprint density at radius 2 is 1.67 bits per heavy atom. The van der Waals surface area contributed by atoms with Crippen molar-refractivity contribution < 1.29 is 14.7 Å². The molecule has 7 heteroatoms. The molecule has 0 aliphatic carbocycles. The number of anilines is 2. The number of phenols is 1. The zero-order valence-corrected chi connectivity index (χ0v) is 19.0. The molecule has 0 fully saturated rings. The van der Waals surface area contributed by atoms with Crippen LogP contribution in [-0.2, 0) is 0 Å². The van der Waals surface area contributed by atoms with Crippen molar-refractivity contribution in [1.29, 1.82) is 0 Å². The molecular formula is C26H28N4O3. The number of hydrogen-bond donors (Lipinski definition) is 3. The first-order chi connectivity index (χ1) is 15.9. The first-order valence-corrected chi connectivity index (χ1v) is 10.8. The molecule has 2 amide bonds. The van der Waals surface area contributed by atoms with Crippen LogP contribution < -0.4 is 15.6 Å². The fourth-order valence-corrected chi connectivity index (χ4v) is 3.35. The Kier molecular flexibility index (Phi) is 7.81. The second kappa shape index (κ2) is 10.9. The van der Waals surface area contributed by atoms with Gasteiger partial charge < -0.3 is 15.3 Å². The quantitative estimate of drug-likeness (QED) is 0.351.